The van der Waals surface area contributed by atoms with E-state index >= 15 is 0 Å². The summed E-state index contributed by atoms with van der Waals surface area (Å²) in [7, 11) is 0. The summed E-state index contributed by atoms with van der Waals surface area (Å²) in [6.07, 6.45) is -4.25. The van der Waals surface area contributed by atoms with E-state index in [0.717, 1.165) is 11.8 Å². The number of primary amides is 1. The van der Waals surface area contributed by atoms with E-state index in [-0.39, 0.29) is 31.6 Å². The molecule has 0 bridgehead atoms. The van der Waals surface area contributed by atoms with Gasteiger partial charge in [-0.3, -0.25) is 33.6 Å². The average Bonchev–Trinajstić information content (AvgIpc) is 3.53. The molecule has 1 saturated heterocycles. The van der Waals surface area contributed by atoms with E-state index in [1.54, 1.807) is 30.3 Å². The molecule has 0 saturated carbocycles. The average molecular weight is 771 g/mol. The molecule has 1 fully saturated rings. The molecule has 7 atom stereocenters. The smallest absolute Gasteiger partial charge is 0.326 e. The third-order valence-electron chi connectivity index (χ3n) is 8.50. The van der Waals surface area contributed by atoms with E-state index in [9.17, 15) is 58.8 Å². The van der Waals surface area contributed by atoms with Gasteiger partial charge in [-0.1, -0.05) is 42.5 Å². The van der Waals surface area contributed by atoms with E-state index in [4.69, 9.17) is 11.5 Å². The summed E-state index contributed by atoms with van der Waals surface area (Å²) < 4.78 is 0. The minimum atomic E-state index is -1.77. The highest BCUT2D eigenvalue weighted by molar-refractivity contribution is 5.98. The van der Waals surface area contributed by atoms with Crippen molar-refractivity contribution >= 4 is 47.3 Å². The first-order chi connectivity index (χ1) is 26.0. The SMILES string of the molecule is C[C@@H](O)[C@H](NC(=O)[C@H](CC(N)=O)NC(=O)[C@@H]1C[C@@H](O)CN1C(=O)[C@@H](Cc1ccc(O)cc1)NC(=O)CNC(=O)CN)C(=O)N[C@@H](Cc1ccccc1)C(=O)O. The Kier molecular flexibility index (Phi) is 16.0. The molecule has 0 radical (unpaired) electrons. The number of amides is 7. The number of carboxylic acids is 1. The Morgan fingerprint density at radius 2 is 1.44 bits per heavy atom. The fourth-order valence-corrected chi connectivity index (χ4v) is 5.72. The molecule has 2 aromatic rings. The topological polar surface area (TPSA) is 333 Å². The normalized spacial score (nSPS) is 17.7. The molecule has 3 rings (SSSR count). The Labute approximate surface area is 315 Å². The lowest BCUT2D eigenvalue weighted by atomic mass is 10.0. The standard InChI is InChI=1S/C35H46N8O12/c1-18(44)30(33(52)41-25(35(54)55)12-19-5-3-2-4-6-19)42-31(50)23(14-27(37)47)40-32(51)26-13-22(46)17-43(26)34(53)24(11-20-7-9-21(45)10-8-20)39-29(49)16-38-28(48)15-36/h2-10,18,22-26,30,44-46H,11-17,36H2,1H3,(H2,37,47)(H,38,48)(H,39,49)(H,40,51)(H,41,52)(H,42,50)(H,54,55)/t18-,22-,23+,24-,25+,26+,30+/m1/s1. The van der Waals surface area contributed by atoms with Crippen LogP contribution in [0.15, 0.2) is 54.6 Å². The molecule has 298 valence electrons. The molecule has 1 aliphatic heterocycles. The summed E-state index contributed by atoms with van der Waals surface area (Å²) in [6, 6.07) is 6.21. The molecule has 2 aromatic carbocycles. The van der Waals surface area contributed by atoms with Gasteiger partial charge in [-0.15, -0.1) is 0 Å². The number of benzene rings is 2. The molecular formula is C35H46N8O12. The summed E-state index contributed by atoms with van der Waals surface area (Å²) in [5.74, 6) is -8.08. The Hall–Kier alpha value is -6.12. The number of aromatic hydroxyl groups is 1. The molecule has 20 heteroatoms. The van der Waals surface area contributed by atoms with Crippen molar-refractivity contribution < 1.29 is 58.8 Å². The van der Waals surface area contributed by atoms with Crippen LogP contribution in [0.5, 0.6) is 5.75 Å². The fraction of sp³-hybridized carbons (Fsp3) is 0.429. The highest BCUT2D eigenvalue weighted by Crippen LogP contribution is 2.21. The quantitative estimate of drug-likeness (QED) is 0.0643. The van der Waals surface area contributed by atoms with Crippen molar-refractivity contribution in [2.24, 2.45) is 11.5 Å². The number of carbonyl (C=O) groups is 8. The molecule has 13 N–H and O–H groups in total. The van der Waals surface area contributed by atoms with Gasteiger partial charge in [0.2, 0.25) is 41.4 Å². The lowest BCUT2D eigenvalue weighted by Gasteiger charge is -2.30. The molecule has 1 aliphatic rings. The zero-order valence-corrected chi connectivity index (χ0v) is 29.8. The number of phenolic OH excluding ortho intramolecular Hbond substituents is 1. The van der Waals surface area contributed by atoms with Gasteiger partial charge in [0.15, 0.2) is 0 Å². The number of rotatable bonds is 19. The molecule has 0 aromatic heterocycles. The number of aliphatic carboxylic acids is 1. The molecule has 0 unspecified atom stereocenters. The van der Waals surface area contributed by atoms with Crippen molar-refractivity contribution in [3.05, 3.63) is 65.7 Å². The predicted octanol–water partition coefficient (Wildman–Crippen LogP) is -4.51. The van der Waals surface area contributed by atoms with Crippen LogP contribution in [0.3, 0.4) is 0 Å². The number of phenols is 1. The lowest BCUT2D eigenvalue weighted by molar-refractivity contribution is -0.143. The van der Waals surface area contributed by atoms with E-state index < -0.39 is 109 Å². The summed E-state index contributed by atoms with van der Waals surface area (Å²) in [4.78, 5) is 103. The summed E-state index contributed by atoms with van der Waals surface area (Å²) >= 11 is 0. The molecule has 1 heterocycles. The van der Waals surface area contributed by atoms with Crippen LogP contribution in [0.25, 0.3) is 0 Å². The first-order valence-electron chi connectivity index (χ1n) is 17.2. The zero-order chi connectivity index (χ0) is 40.8. The van der Waals surface area contributed by atoms with E-state index in [1.807, 2.05) is 0 Å². The second-order valence-electron chi connectivity index (χ2n) is 12.9. The first-order valence-corrected chi connectivity index (χ1v) is 17.2. The third kappa shape index (κ3) is 13.4. The highest BCUT2D eigenvalue weighted by Gasteiger charge is 2.43. The van der Waals surface area contributed by atoms with Crippen LogP contribution in [-0.2, 0) is 51.2 Å². The number of aliphatic hydroxyl groups is 2. The van der Waals surface area contributed by atoms with Gasteiger partial charge >= 0.3 is 5.97 Å². The van der Waals surface area contributed by atoms with Gasteiger partial charge < -0.3 is 63.4 Å². The number of nitrogens with zero attached hydrogens (tertiary/aromatic N) is 1. The number of aliphatic hydroxyl groups excluding tert-OH is 2. The van der Waals surface area contributed by atoms with Crippen LogP contribution in [0.2, 0.25) is 0 Å². The largest absolute Gasteiger partial charge is 0.508 e. The lowest BCUT2D eigenvalue weighted by Crippen LogP contribution is -2.61. The Morgan fingerprint density at radius 3 is 2.02 bits per heavy atom. The van der Waals surface area contributed by atoms with E-state index in [0.29, 0.717) is 11.1 Å². The minimum absolute atomic E-state index is 0.0676. The maximum absolute atomic E-state index is 13.9. The Morgan fingerprint density at radius 1 is 0.818 bits per heavy atom. The number of nitrogens with one attached hydrogen (secondary N) is 5. The number of nitrogens with two attached hydrogens (primary N) is 2. The van der Waals surface area contributed by atoms with Crippen LogP contribution in [0, 0.1) is 0 Å². The van der Waals surface area contributed by atoms with E-state index in [2.05, 4.69) is 26.6 Å². The predicted molar refractivity (Wildman–Crippen MR) is 191 cm³/mol. The number of hydrogen-bond acceptors (Lipinski definition) is 12. The highest BCUT2D eigenvalue weighted by atomic mass is 16.4. The van der Waals surface area contributed by atoms with Crippen molar-refractivity contribution in [3.8, 4) is 5.75 Å². The second kappa shape index (κ2) is 20.4. The van der Waals surface area contributed by atoms with Gasteiger partial charge in [0, 0.05) is 25.8 Å². The van der Waals surface area contributed by atoms with Gasteiger partial charge in [-0.2, -0.15) is 0 Å². The summed E-state index contributed by atoms with van der Waals surface area (Å²) in [5, 5.41) is 51.9. The van der Waals surface area contributed by atoms with Crippen molar-refractivity contribution in [2.75, 3.05) is 19.6 Å². The van der Waals surface area contributed by atoms with Crippen molar-refractivity contribution in [1.29, 1.82) is 0 Å². The van der Waals surface area contributed by atoms with Gasteiger partial charge in [-0.25, -0.2) is 4.79 Å². The van der Waals surface area contributed by atoms with Gasteiger partial charge in [0.1, 0.15) is 36.0 Å². The Bertz CT molecular complexity index is 1710. The van der Waals surface area contributed by atoms with Crippen LogP contribution >= 0.6 is 0 Å². The number of β-amino-alcohol motifs (C(OH)–C–C–N with tert-alkyl or cyclic N) is 1. The minimum Gasteiger partial charge on any atom is -0.508 e. The van der Waals surface area contributed by atoms with Crippen LogP contribution in [-0.4, -0.2) is 135 Å². The molecular weight excluding hydrogens is 724 g/mol. The number of carboxylic acid groups (broad SMARTS) is 1. The first kappa shape index (κ1) is 43.3. The maximum atomic E-state index is 13.9. The number of carbonyl (C=O) groups excluding carboxylic acids is 7. The second-order valence-corrected chi connectivity index (χ2v) is 12.9. The van der Waals surface area contributed by atoms with Crippen molar-refractivity contribution in [1.82, 2.24) is 31.5 Å². The van der Waals surface area contributed by atoms with Crippen LogP contribution in [0.4, 0.5) is 0 Å². The van der Waals surface area contributed by atoms with Gasteiger partial charge in [-0.05, 0) is 30.2 Å². The number of likely N-dealkylation sites (tertiary alicyclic amines) is 1. The van der Waals surface area contributed by atoms with Gasteiger partial charge in [0.05, 0.1) is 31.7 Å². The van der Waals surface area contributed by atoms with Crippen LogP contribution in [0.1, 0.15) is 30.9 Å². The molecule has 7 amide bonds. The molecule has 0 aliphatic carbocycles. The third-order valence-corrected chi connectivity index (χ3v) is 8.50. The Balaban J connectivity index is 1.80. The zero-order valence-electron chi connectivity index (χ0n) is 29.8. The van der Waals surface area contributed by atoms with Gasteiger partial charge in [0.25, 0.3) is 0 Å². The monoisotopic (exact) mass is 770 g/mol. The maximum Gasteiger partial charge on any atom is 0.326 e. The van der Waals surface area contributed by atoms with E-state index in [1.165, 1.54) is 24.3 Å². The van der Waals surface area contributed by atoms with Crippen LogP contribution < -0.4 is 38.1 Å². The van der Waals surface area contributed by atoms with Crippen molar-refractivity contribution in [3.63, 3.8) is 0 Å². The summed E-state index contributed by atoms with van der Waals surface area (Å²) in [6.45, 7) is -0.177. The molecule has 20 nitrogen and oxygen atoms in total. The van der Waals surface area contributed by atoms with Crippen molar-refractivity contribution in [2.45, 2.75) is 75.0 Å². The molecule has 0 spiro atoms. The fourth-order valence-electron chi connectivity index (χ4n) is 5.72. The summed E-state index contributed by atoms with van der Waals surface area (Å²) in [5.41, 5.74) is 11.7. The molecule has 55 heavy (non-hydrogen) atoms. The number of hydrogen-bond donors (Lipinski definition) is 11.